The standard InChI is InChI=1S/C12H19NO4/c1-9-6-10(7-15-9)11(14)13-3-2-12(8-13)16-4-5-17-12/h9-10H,2-8H2,1H3. The molecule has 0 bridgehead atoms. The quantitative estimate of drug-likeness (QED) is 0.666. The lowest BCUT2D eigenvalue weighted by atomic mass is 10.1. The van der Waals surface area contributed by atoms with Gasteiger partial charge in [0.05, 0.1) is 38.4 Å². The van der Waals surface area contributed by atoms with E-state index in [1.807, 2.05) is 11.8 Å². The summed E-state index contributed by atoms with van der Waals surface area (Å²) in [6.07, 6.45) is 1.84. The van der Waals surface area contributed by atoms with Crippen molar-refractivity contribution in [3.8, 4) is 0 Å². The van der Waals surface area contributed by atoms with E-state index in [0.717, 1.165) is 19.4 Å². The van der Waals surface area contributed by atoms with Gasteiger partial charge in [-0.05, 0) is 13.3 Å². The Morgan fingerprint density at radius 2 is 2.12 bits per heavy atom. The van der Waals surface area contributed by atoms with E-state index >= 15 is 0 Å². The van der Waals surface area contributed by atoms with Crippen LogP contribution in [0.15, 0.2) is 0 Å². The van der Waals surface area contributed by atoms with Gasteiger partial charge in [0.25, 0.3) is 0 Å². The second-order valence-electron chi connectivity index (χ2n) is 5.19. The fourth-order valence-electron chi connectivity index (χ4n) is 2.92. The second-order valence-corrected chi connectivity index (χ2v) is 5.19. The number of rotatable bonds is 1. The van der Waals surface area contributed by atoms with Crippen LogP contribution >= 0.6 is 0 Å². The lowest BCUT2D eigenvalue weighted by Gasteiger charge is -2.23. The van der Waals surface area contributed by atoms with Gasteiger partial charge in [0, 0.05) is 13.0 Å². The molecule has 1 spiro atoms. The van der Waals surface area contributed by atoms with Crippen molar-refractivity contribution in [2.75, 3.05) is 32.9 Å². The van der Waals surface area contributed by atoms with Gasteiger partial charge in [-0.2, -0.15) is 0 Å². The maximum atomic E-state index is 12.3. The minimum Gasteiger partial charge on any atom is -0.378 e. The Hall–Kier alpha value is -0.650. The first-order valence-corrected chi connectivity index (χ1v) is 6.37. The zero-order valence-corrected chi connectivity index (χ0v) is 10.2. The Kier molecular flexibility index (Phi) is 2.84. The van der Waals surface area contributed by atoms with Crippen molar-refractivity contribution < 1.29 is 19.0 Å². The number of amides is 1. The average Bonchev–Trinajstić information content (AvgIpc) is 3.02. The van der Waals surface area contributed by atoms with Crippen LogP contribution in [0.3, 0.4) is 0 Å². The molecular formula is C12H19NO4. The number of carbonyl (C=O) groups excluding carboxylic acids is 1. The molecule has 3 rings (SSSR count). The Labute approximate surface area is 101 Å². The molecule has 17 heavy (non-hydrogen) atoms. The van der Waals surface area contributed by atoms with E-state index in [-0.39, 0.29) is 17.9 Å². The second kappa shape index (κ2) is 4.23. The van der Waals surface area contributed by atoms with Gasteiger partial charge < -0.3 is 19.1 Å². The number of hydrogen-bond donors (Lipinski definition) is 0. The number of hydrogen-bond acceptors (Lipinski definition) is 4. The van der Waals surface area contributed by atoms with E-state index in [4.69, 9.17) is 14.2 Å². The largest absolute Gasteiger partial charge is 0.378 e. The number of carbonyl (C=O) groups is 1. The van der Waals surface area contributed by atoms with Crippen molar-refractivity contribution in [1.29, 1.82) is 0 Å². The zero-order chi connectivity index (χ0) is 11.9. The van der Waals surface area contributed by atoms with E-state index in [9.17, 15) is 4.79 Å². The van der Waals surface area contributed by atoms with E-state index in [1.165, 1.54) is 0 Å². The van der Waals surface area contributed by atoms with Crippen LogP contribution in [-0.4, -0.2) is 55.6 Å². The summed E-state index contributed by atoms with van der Waals surface area (Å²) >= 11 is 0. The van der Waals surface area contributed by atoms with E-state index in [2.05, 4.69) is 0 Å². The number of ether oxygens (including phenoxy) is 3. The van der Waals surface area contributed by atoms with Gasteiger partial charge in [-0.3, -0.25) is 4.79 Å². The van der Waals surface area contributed by atoms with Gasteiger partial charge in [-0.25, -0.2) is 0 Å². The highest BCUT2D eigenvalue weighted by Gasteiger charge is 2.46. The summed E-state index contributed by atoms with van der Waals surface area (Å²) in [5, 5.41) is 0. The third kappa shape index (κ3) is 2.07. The van der Waals surface area contributed by atoms with Crippen LogP contribution in [0.5, 0.6) is 0 Å². The fraction of sp³-hybridized carbons (Fsp3) is 0.917. The Balaban J connectivity index is 1.60. The summed E-state index contributed by atoms with van der Waals surface area (Å²) in [5.74, 6) is -0.271. The molecular weight excluding hydrogens is 222 g/mol. The molecule has 3 aliphatic heterocycles. The van der Waals surface area contributed by atoms with Crippen LogP contribution in [0.4, 0.5) is 0 Å². The van der Waals surface area contributed by atoms with Crippen LogP contribution < -0.4 is 0 Å². The summed E-state index contributed by atoms with van der Waals surface area (Å²) in [4.78, 5) is 14.1. The molecule has 3 saturated heterocycles. The Morgan fingerprint density at radius 3 is 2.76 bits per heavy atom. The van der Waals surface area contributed by atoms with Crippen LogP contribution in [0.2, 0.25) is 0 Å². The molecule has 96 valence electrons. The van der Waals surface area contributed by atoms with Crippen LogP contribution in [0.1, 0.15) is 19.8 Å². The average molecular weight is 241 g/mol. The predicted molar refractivity (Wildman–Crippen MR) is 59.4 cm³/mol. The molecule has 0 aromatic rings. The minimum atomic E-state index is -0.499. The van der Waals surface area contributed by atoms with Gasteiger partial charge in [-0.1, -0.05) is 0 Å². The monoisotopic (exact) mass is 241 g/mol. The highest BCUT2D eigenvalue weighted by atomic mass is 16.7. The fourth-order valence-corrected chi connectivity index (χ4v) is 2.92. The molecule has 5 heteroatoms. The van der Waals surface area contributed by atoms with Gasteiger partial charge in [0.2, 0.25) is 5.91 Å². The minimum absolute atomic E-state index is 0.0292. The maximum absolute atomic E-state index is 12.3. The molecule has 0 radical (unpaired) electrons. The smallest absolute Gasteiger partial charge is 0.228 e. The van der Waals surface area contributed by atoms with Crippen molar-refractivity contribution >= 4 is 5.91 Å². The van der Waals surface area contributed by atoms with Crippen molar-refractivity contribution in [2.24, 2.45) is 5.92 Å². The molecule has 3 fully saturated rings. The third-order valence-corrected chi connectivity index (χ3v) is 3.87. The maximum Gasteiger partial charge on any atom is 0.228 e. The van der Waals surface area contributed by atoms with E-state index < -0.39 is 5.79 Å². The van der Waals surface area contributed by atoms with E-state index in [0.29, 0.717) is 26.4 Å². The Bertz CT molecular complexity index is 314. The SMILES string of the molecule is CC1CC(C(=O)N2CCC3(C2)OCCO3)CO1. The van der Waals surface area contributed by atoms with Crippen molar-refractivity contribution in [3.63, 3.8) is 0 Å². The number of likely N-dealkylation sites (tertiary alicyclic amines) is 1. The first-order chi connectivity index (χ1) is 8.19. The third-order valence-electron chi connectivity index (χ3n) is 3.87. The van der Waals surface area contributed by atoms with Crippen LogP contribution in [0.25, 0.3) is 0 Å². The molecule has 0 aliphatic carbocycles. The highest BCUT2D eigenvalue weighted by Crippen LogP contribution is 2.32. The molecule has 0 saturated carbocycles. The molecule has 2 unspecified atom stereocenters. The molecule has 0 aromatic carbocycles. The molecule has 0 aromatic heterocycles. The topological polar surface area (TPSA) is 48.0 Å². The summed E-state index contributed by atoms with van der Waals surface area (Å²) in [7, 11) is 0. The predicted octanol–water partition coefficient (Wildman–Crippen LogP) is 0.387. The summed E-state index contributed by atoms with van der Waals surface area (Å²) in [6, 6.07) is 0. The summed E-state index contributed by atoms with van der Waals surface area (Å²) in [5.41, 5.74) is 0. The normalized spacial score (nSPS) is 35.9. The number of nitrogens with zero attached hydrogens (tertiary/aromatic N) is 1. The van der Waals surface area contributed by atoms with Crippen molar-refractivity contribution in [2.45, 2.75) is 31.7 Å². The Morgan fingerprint density at radius 1 is 1.35 bits per heavy atom. The highest BCUT2D eigenvalue weighted by molar-refractivity contribution is 5.79. The molecule has 5 nitrogen and oxygen atoms in total. The molecule has 3 aliphatic rings. The lowest BCUT2D eigenvalue weighted by Crippen LogP contribution is -2.39. The van der Waals surface area contributed by atoms with Gasteiger partial charge in [-0.15, -0.1) is 0 Å². The molecule has 0 N–H and O–H groups in total. The van der Waals surface area contributed by atoms with Gasteiger partial charge in [0.15, 0.2) is 5.79 Å². The van der Waals surface area contributed by atoms with Crippen molar-refractivity contribution in [3.05, 3.63) is 0 Å². The summed E-state index contributed by atoms with van der Waals surface area (Å²) < 4.78 is 16.7. The summed E-state index contributed by atoms with van der Waals surface area (Å²) in [6.45, 7) is 5.19. The molecule has 2 atom stereocenters. The van der Waals surface area contributed by atoms with Crippen LogP contribution in [-0.2, 0) is 19.0 Å². The first kappa shape index (κ1) is 11.4. The van der Waals surface area contributed by atoms with E-state index in [1.54, 1.807) is 0 Å². The van der Waals surface area contributed by atoms with Gasteiger partial charge in [0.1, 0.15) is 0 Å². The molecule has 1 amide bonds. The van der Waals surface area contributed by atoms with Gasteiger partial charge >= 0.3 is 0 Å². The zero-order valence-electron chi connectivity index (χ0n) is 10.2. The first-order valence-electron chi connectivity index (χ1n) is 6.37. The lowest BCUT2D eigenvalue weighted by molar-refractivity contribution is -0.154. The molecule has 3 heterocycles. The van der Waals surface area contributed by atoms with Crippen LogP contribution in [0, 0.1) is 5.92 Å². The van der Waals surface area contributed by atoms with Crippen molar-refractivity contribution in [1.82, 2.24) is 4.90 Å².